The molecule has 0 aliphatic carbocycles. The van der Waals surface area contributed by atoms with Gasteiger partial charge in [-0.15, -0.1) is 0 Å². The summed E-state index contributed by atoms with van der Waals surface area (Å²) in [6, 6.07) is 2.20. The van der Waals surface area contributed by atoms with Gasteiger partial charge in [-0.2, -0.15) is 17.0 Å². The summed E-state index contributed by atoms with van der Waals surface area (Å²) in [5, 5.41) is 0.00545. The van der Waals surface area contributed by atoms with Crippen LogP contribution in [0.4, 0.5) is 0 Å². The van der Waals surface area contributed by atoms with Crippen LogP contribution in [0.5, 0.6) is 5.75 Å². The van der Waals surface area contributed by atoms with Gasteiger partial charge >= 0.3 is 16.2 Å². The van der Waals surface area contributed by atoms with Gasteiger partial charge in [-0.1, -0.05) is 37.0 Å². The Hall–Kier alpha value is -1.59. The highest BCUT2D eigenvalue weighted by Gasteiger charge is 2.48. The average molecular weight is 536 g/mol. The first-order valence-electron chi connectivity index (χ1n) is 11.3. The normalized spacial score (nSPS) is 20.9. The molecule has 2 aliphatic rings. The third-order valence-corrected chi connectivity index (χ3v) is 8.58. The van der Waals surface area contributed by atoms with Crippen LogP contribution in [0.1, 0.15) is 49.9 Å². The molecule has 1 unspecified atom stereocenters. The number of halogens is 2. The Morgan fingerprint density at radius 2 is 1.88 bits per heavy atom. The summed E-state index contributed by atoms with van der Waals surface area (Å²) in [7, 11) is -2.75. The van der Waals surface area contributed by atoms with Crippen LogP contribution in [0, 0.1) is 5.92 Å². The number of nitrogens with zero attached hydrogens (tertiary/aromatic N) is 3. The van der Waals surface area contributed by atoms with E-state index in [1.165, 1.54) is 26.0 Å². The van der Waals surface area contributed by atoms with Gasteiger partial charge in [0.2, 0.25) is 0 Å². The lowest BCUT2D eigenvalue weighted by Crippen LogP contribution is -2.35. The Labute approximate surface area is 211 Å². The van der Waals surface area contributed by atoms with E-state index >= 15 is 0 Å². The Morgan fingerprint density at radius 1 is 1.21 bits per heavy atom. The first kappa shape index (κ1) is 27.0. The number of hydrogen-bond acceptors (Lipinski definition) is 7. The van der Waals surface area contributed by atoms with Gasteiger partial charge in [-0.25, -0.2) is 4.79 Å². The number of amides is 1. The number of benzene rings is 1. The summed E-state index contributed by atoms with van der Waals surface area (Å²) in [4.78, 5) is 27.8. The standard InChI is InChI=1S/C22H31Cl2N3O6S/c1-15(2)6-8-17-21(28)27(34(30,31)25(17)3)14-33-22(29)19-16(23)7-9-18(20(19)24)32-13-12-26-10-4-5-11-26/h7,9,15,17H,4-6,8,10-14H2,1-3H3. The lowest BCUT2D eigenvalue weighted by molar-refractivity contribution is -0.130. The monoisotopic (exact) mass is 535 g/mol. The van der Waals surface area contributed by atoms with Crippen molar-refractivity contribution in [3.05, 3.63) is 27.7 Å². The van der Waals surface area contributed by atoms with E-state index in [2.05, 4.69) is 4.90 Å². The number of likely N-dealkylation sites (N-methyl/N-ethyl adjacent to an activating group) is 1. The number of carbonyl (C=O) groups excluding carboxylic acids is 2. The van der Waals surface area contributed by atoms with Crippen molar-refractivity contribution in [2.24, 2.45) is 5.92 Å². The molecule has 1 aromatic rings. The van der Waals surface area contributed by atoms with Crippen molar-refractivity contribution in [1.29, 1.82) is 0 Å². The van der Waals surface area contributed by atoms with E-state index in [-0.39, 0.29) is 21.4 Å². The maximum absolute atomic E-state index is 12.8. The van der Waals surface area contributed by atoms with Crippen molar-refractivity contribution in [3.63, 3.8) is 0 Å². The smallest absolute Gasteiger partial charge is 0.343 e. The zero-order chi connectivity index (χ0) is 25.0. The summed E-state index contributed by atoms with van der Waals surface area (Å²) in [5.41, 5.74) is -0.143. The summed E-state index contributed by atoms with van der Waals surface area (Å²) in [6.07, 6.45) is 3.40. The predicted molar refractivity (Wildman–Crippen MR) is 129 cm³/mol. The molecule has 1 atom stereocenters. The minimum absolute atomic E-state index is 0.0264. The number of likely N-dealkylation sites (tertiary alicyclic amines) is 1. The molecule has 0 N–H and O–H groups in total. The van der Waals surface area contributed by atoms with E-state index in [1.54, 1.807) is 6.07 Å². The van der Waals surface area contributed by atoms with Crippen molar-refractivity contribution < 1.29 is 27.5 Å². The molecule has 0 radical (unpaired) electrons. The number of esters is 1. The van der Waals surface area contributed by atoms with Gasteiger partial charge in [-0.3, -0.25) is 9.69 Å². The van der Waals surface area contributed by atoms with Crippen molar-refractivity contribution in [3.8, 4) is 5.75 Å². The van der Waals surface area contributed by atoms with Crippen LogP contribution in [0.25, 0.3) is 0 Å². The van der Waals surface area contributed by atoms with E-state index < -0.39 is 34.9 Å². The number of hydrogen-bond donors (Lipinski definition) is 0. The average Bonchev–Trinajstić information content (AvgIpc) is 3.33. The molecule has 0 aromatic heterocycles. The maximum atomic E-state index is 12.8. The molecule has 9 nitrogen and oxygen atoms in total. The van der Waals surface area contributed by atoms with Gasteiger partial charge in [0.15, 0.2) is 6.73 Å². The second-order valence-corrected chi connectivity index (χ2v) is 11.6. The quantitative estimate of drug-likeness (QED) is 0.423. The van der Waals surface area contributed by atoms with Crippen LogP contribution < -0.4 is 4.74 Å². The van der Waals surface area contributed by atoms with Gasteiger partial charge in [0.1, 0.15) is 24.0 Å². The molecular weight excluding hydrogens is 505 g/mol. The largest absolute Gasteiger partial charge is 0.491 e. The van der Waals surface area contributed by atoms with Gasteiger partial charge in [0, 0.05) is 13.6 Å². The van der Waals surface area contributed by atoms with Crippen LogP contribution in [-0.2, 0) is 19.7 Å². The summed E-state index contributed by atoms with van der Waals surface area (Å²) < 4.78 is 37.9. The van der Waals surface area contributed by atoms with Gasteiger partial charge < -0.3 is 9.47 Å². The summed E-state index contributed by atoms with van der Waals surface area (Å²) in [6.45, 7) is 6.40. The molecule has 190 valence electrons. The summed E-state index contributed by atoms with van der Waals surface area (Å²) >= 11 is 12.5. The molecule has 2 heterocycles. The molecule has 3 rings (SSSR count). The summed E-state index contributed by atoms with van der Waals surface area (Å²) in [5.74, 6) is -0.996. The fourth-order valence-corrected chi connectivity index (χ4v) is 5.93. The van der Waals surface area contributed by atoms with Crippen LogP contribution in [-0.4, -0.2) is 79.9 Å². The minimum atomic E-state index is -4.09. The van der Waals surface area contributed by atoms with Crippen LogP contribution in [0.2, 0.25) is 10.0 Å². The maximum Gasteiger partial charge on any atom is 0.343 e. The van der Waals surface area contributed by atoms with Crippen LogP contribution >= 0.6 is 23.2 Å². The highest BCUT2D eigenvalue weighted by Crippen LogP contribution is 2.34. The topological polar surface area (TPSA) is 96.5 Å². The molecule has 0 saturated carbocycles. The van der Waals surface area contributed by atoms with Gasteiger partial charge in [0.05, 0.1) is 10.0 Å². The number of rotatable bonds is 10. The third-order valence-electron chi connectivity index (χ3n) is 6.07. The highest BCUT2D eigenvalue weighted by atomic mass is 35.5. The molecule has 1 amide bonds. The third kappa shape index (κ3) is 5.96. The van der Waals surface area contributed by atoms with Gasteiger partial charge in [-0.05, 0) is 56.8 Å². The highest BCUT2D eigenvalue weighted by molar-refractivity contribution is 7.87. The minimum Gasteiger partial charge on any atom is -0.491 e. The van der Waals surface area contributed by atoms with Crippen molar-refractivity contribution >= 4 is 45.3 Å². The zero-order valence-corrected chi connectivity index (χ0v) is 22.0. The Balaban J connectivity index is 1.66. The molecule has 12 heteroatoms. The number of carbonyl (C=O) groups is 2. The van der Waals surface area contributed by atoms with Crippen molar-refractivity contribution in [2.45, 2.75) is 45.6 Å². The first-order valence-corrected chi connectivity index (χ1v) is 13.5. The molecule has 2 fully saturated rings. The van der Waals surface area contributed by atoms with E-state index in [4.69, 9.17) is 32.7 Å². The predicted octanol–water partition coefficient (Wildman–Crippen LogP) is 3.41. The Kier molecular flexibility index (Phi) is 9.08. The van der Waals surface area contributed by atoms with Crippen molar-refractivity contribution in [1.82, 2.24) is 13.5 Å². The Morgan fingerprint density at radius 3 is 2.53 bits per heavy atom. The van der Waals surface area contributed by atoms with Crippen LogP contribution in [0.15, 0.2) is 12.1 Å². The zero-order valence-electron chi connectivity index (χ0n) is 19.6. The molecule has 2 aliphatic heterocycles. The molecule has 0 spiro atoms. The fourth-order valence-electron chi connectivity index (χ4n) is 3.99. The van der Waals surface area contributed by atoms with E-state index in [1.807, 2.05) is 13.8 Å². The lowest BCUT2D eigenvalue weighted by atomic mass is 10.0. The van der Waals surface area contributed by atoms with Gasteiger partial charge in [0.25, 0.3) is 5.91 Å². The Bertz CT molecular complexity index is 1010. The van der Waals surface area contributed by atoms with Crippen molar-refractivity contribution in [2.75, 3.05) is 40.0 Å². The van der Waals surface area contributed by atoms with Crippen LogP contribution in [0.3, 0.4) is 0 Å². The second-order valence-electron chi connectivity index (χ2n) is 8.89. The molecule has 0 bridgehead atoms. The second kappa shape index (κ2) is 11.4. The fraction of sp³-hybridized carbons (Fsp3) is 0.636. The van der Waals surface area contributed by atoms with E-state index in [9.17, 15) is 18.0 Å². The van der Waals surface area contributed by atoms with E-state index in [0.29, 0.717) is 29.7 Å². The molecule has 2 saturated heterocycles. The molecular formula is C22H31Cl2N3O6S. The first-order chi connectivity index (χ1) is 16.0. The SMILES string of the molecule is CC(C)CCC1C(=O)N(COC(=O)c2c(Cl)ccc(OCCN3CCCC3)c2Cl)S(=O)(=O)N1C. The number of ether oxygens (including phenoxy) is 2. The molecule has 34 heavy (non-hydrogen) atoms. The molecule has 1 aromatic carbocycles. The van der Waals surface area contributed by atoms with E-state index in [0.717, 1.165) is 23.9 Å². The lowest BCUT2D eigenvalue weighted by Gasteiger charge is -2.18.